The van der Waals surface area contributed by atoms with Gasteiger partial charge in [-0.3, -0.25) is 0 Å². The number of rotatable bonds is 7. The Bertz CT molecular complexity index is 692. The highest BCUT2D eigenvalue weighted by atomic mass is 35.5. The summed E-state index contributed by atoms with van der Waals surface area (Å²) in [6, 6.07) is 14.6. The molecule has 2 aromatic carbocycles. The third-order valence-electron chi connectivity index (χ3n) is 2.87. The fourth-order valence-electron chi connectivity index (χ4n) is 1.78. The van der Waals surface area contributed by atoms with E-state index in [1.54, 1.807) is 18.2 Å². The van der Waals surface area contributed by atoms with Crippen LogP contribution < -0.4 is 14.9 Å². The van der Waals surface area contributed by atoms with Crippen LogP contribution in [-0.2, 0) is 4.74 Å². The molecular weight excluding hydrogens is 332 g/mol. The quantitative estimate of drug-likeness (QED) is 0.472. The second-order valence-electron chi connectivity index (χ2n) is 4.55. The minimum Gasteiger partial charge on any atom is -0.490 e. The normalized spacial score (nSPS) is 10.4. The maximum absolute atomic E-state index is 11.0. The molecule has 1 N–H and O–H groups in total. The molecule has 0 spiro atoms. The van der Waals surface area contributed by atoms with E-state index in [0.717, 1.165) is 5.75 Å². The highest BCUT2D eigenvalue weighted by Gasteiger charge is 2.04. The van der Waals surface area contributed by atoms with E-state index >= 15 is 0 Å². The Morgan fingerprint density at radius 2 is 1.92 bits per heavy atom. The van der Waals surface area contributed by atoms with Crippen LogP contribution in [-0.4, -0.2) is 32.6 Å². The first-order chi connectivity index (χ1) is 11.7. The molecule has 0 heterocycles. The molecule has 0 fully saturated rings. The number of para-hydroxylation sites is 1. The van der Waals surface area contributed by atoms with E-state index < -0.39 is 6.09 Å². The van der Waals surface area contributed by atoms with Crippen LogP contribution in [0.25, 0.3) is 0 Å². The van der Waals surface area contributed by atoms with Crippen molar-refractivity contribution in [3.63, 3.8) is 0 Å². The molecule has 0 radical (unpaired) electrons. The van der Waals surface area contributed by atoms with E-state index in [9.17, 15) is 4.79 Å². The zero-order chi connectivity index (χ0) is 17.2. The summed E-state index contributed by atoms with van der Waals surface area (Å²) < 4.78 is 15.7. The monoisotopic (exact) mass is 348 g/mol. The number of carbonyl (C=O) groups excluding carboxylic acids is 1. The minimum atomic E-state index is -0.660. The maximum atomic E-state index is 11.0. The van der Waals surface area contributed by atoms with Crippen molar-refractivity contribution in [1.82, 2.24) is 5.43 Å². The Morgan fingerprint density at radius 3 is 2.67 bits per heavy atom. The second kappa shape index (κ2) is 9.42. The molecule has 0 saturated carbocycles. The van der Waals surface area contributed by atoms with Crippen molar-refractivity contribution in [3.8, 4) is 11.5 Å². The molecule has 2 rings (SSSR count). The van der Waals surface area contributed by atoms with Crippen molar-refractivity contribution in [2.24, 2.45) is 5.10 Å². The molecule has 0 unspecified atom stereocenters. The van der Waals surface area contributed by atoms with Gasteiger partial charge in [-0.25, -0.2) is 10.2 Å². The first-order valence-electron chi connectivity index (χ1n) is 7.16. The average Bonchev–Trinajstić information content (AvgIpc) is 2.61. The minimum absolute atomic E-state index is 0.349. The number of hydrogen-bond donors (Lipinski definition) is 1. The van der Waals surface area contributed by atoms with Gasteiger partial charge < -0.3 is 14.2 Å². The van der Waals surface area contributed by atoms with Crippen molar-refractivity contribution < 1.29 is 19.0 Å². The summed E-state index contributed by atoms with van der Waals surface area (Å²) in [6.45, 7) is 0.741. The molecule has 126 valence electrons. The topological polar surface area (TPSA) is 69.2 Å². The van der Waals surface area contributed by atoms with Gasteiger partial charge in [0.25, 0.3) is 0 Å². The van der Waals surface area contributed by atoms with Crippen LogP contribution in [0.2, 0.25) is 5.02 Å². The lowest BCUT2D eigenvalue weighted by Gasteiger charge is -2.10. The van der Waals surface area contributed by atoms with E-state index in [1.165, 1.54) is 13.3 Å². The average molecular weight is 349 g/mol. The van der Waals surface area contributed by atoms with E-state index in [1.807, 2.05) is 30.3 Å². The summed E-state index contributed by atoms with van der Waals surface area (Å²) in [5.41, 5.74) is 2.82. The molecule has 2 aromatic rings. The number of hydrazone groups is 1. The number of carbonyl (C=O) groups is 1. The third kappa shape index (κ3) is 5.81. The van der Waals surface area contributed by atoms with Gasteiger partial charge in [0.05, 0.1) is 13.3 Å². The second-order valence-corrected chi connectivity index (χ2v) is 4.99. The molecule has 24 heavy (non-hydrogen) atoms. The van der Waals surface area contributed by atoms with Crippen LogP contribution in [0.4, 0.5) is 4.79 Å². The van der Waals surface area contributed by atoms with Crippen molar-refractivity contribution in [2.45, 2.75) is 0 Å². The Hall–Kier alpha value is -2.73. The number of methoxy groups -OCH3 is 1. The van der Waals surface area contributed by atoms with E-state index in [2.05, 4.69) is 15.3 Å². The number of amides is 1. The first kappa shape index (κ1) is 17.6. The highest BCUT2D eigenvalue weighted by Crippen LogP contribution is 2.21. The molecule has 0 saturated heterocycles. The number of nitrogens with one attached hydrogen (secondary N) is 1. The third-order valence-corrected chi connectivity index (χ3v) is 3.10. The smallest absolute Gasteiger partial charge is 0.427 e. The molecule has 0 aliphatic heterocycles. The Morgan fingerprint density at radius 1 is 1.17 bits per heavy atom. The van der Waals surface area contributed by atoms with E-state index in [4.69, 9.17) is 21.1 Å². The highest BCUT2D eigenvalue weighted by molar-refractivity contribution is 6.30. The van der Waals surface area contributed by atoms with Crippen molar-refractivity contribution >= 4 is 23.9 Å². The van der Waals surface area contributed by atoms with Crippen molar-refractivity contribution in [2.75, 3.05) is 20.3 Å². The zero-order valence-corrected chi connectivity index (χ0v) is 13.8. The van der Waals surface area contributed by atoms with Gasteiger partial charge in [0.15, 0.2) is 0 Å². The Balaban J connectivity index is 1.90. The number of ether oxygens (including phenoxy) is 3. The van der Waals surface area contributed by atoms with Crippen LogP contribution in [0.15, 0.2) is 53.6 Å². The van der Waals surface area contributed by atoms with Gasteiger partial charge in [-0.1, -0.05) is 29.8 Å². The summed E-state index contributed by atoms with van der Waals surface area (Å²) in [7, 11) is 1.26. The van der Waals surface area contributed by atoms with Gasteiger partial charge in [0, 0.05) is 10.6 Å². The maximum Gasteiger partial charge on any atom is 0.427 e. The summed E-state index contributed by atoms with van der Waals surface area (Å²) >= 11 is 5.97. The number of halogens is 1. The van der Waals surface area contributed by atoms with Crippen LogP contribution in [0.5, 0.6) is 11.5 Å². The lowest BCUT2D eigenvalue weighted by molar-refractivity contribution is 0.171. The predicted octanol–water partition coefficient (Wildman–Crippen LogP) is 3.49. The summed E-state index contributed by atoms with van der Waals surface area (Å²) in [6.07, 6.45) is 0.767. The largest absolute Gasteiger partial charge is 0.490 e. The predicted molar refractivity (Wildman–Crippen MR) is 92.0 cm³/mol. The van der Waals surface area contributed by atoms with Crippen LogP contribution in [0, 0.1) is 0 Å². The number of nitrogens with zero attached hydrogens (tertiary/aromatic N) is 1. The molecule has 1 amide bonds. The Kier molecular flexibility index (Phi) is 6.91. The van der Waals surface area contributed by atoms with Crippen LogP contribution >= 0.6 is 11.6 Å². The van der Waals surface area contributed by atoms with Gasteiger partial charge >= 0.3 is 6.09 Å². The first-order valence-corrected chi connectivity index (χ1v) is 7.54. The number of hydrogen-bond acceptors (Lipinski definition) is 5. The molecule has 0 bridgehead atoms. The molecule has 7 heteroatoms. The fraction of sp³-hybridized carbons (Fsp3) is 0.176. The molecular formula is C17H17ClN2O4. The van der Waals surface area contributed by atoms with E-state index in [0.29, 0.717) is 29.5 Å². The fourth-order valence-corrected chi connectivity index (χ4v) is 1.96. The molecule has 0 aliphatic carbocycles. The van der Waals surface area contributed by atoms with Gasteiger partial charge in [0.1, 0.15) is 24.7 Å². The lowest BCUT2D eigenvalue weighted by atomic mass is 10.2. The number of benzene rings is 2. The van der Waals surface area contributed by atoms with Gasteiger partial charge in [-0.2, -0.15) is 5.10 Å². The van der Waals surface area contributed by atoms with Crippen LogP contribution in [0.1, 0.15) is 5.56 Å². The molecule has 0 aliphatic rings. The van der Waals surface area contributed by atoms with Gasteiger partial charge in [0.2, 0.25) is 0 Å². The lowest BCUT2D eigenvalue weighted by Crippen LogP contribution is -2.17. The standard InChI is InChI=1S/C17H17ClN2O4/c1-22-17(21)20-19-12-13-11-14(18)7-8-16(13)24-10-9-23-15-5-3-2-4-6-15/h2-8,11-12H,9-10H2,1H3,(H,20,21)/b19-12-. The van der Waals surface area contributed by atoms with Crippen molar-refractivity contribution in [1.29, 1.82) is 0 Å². The summed E-state index contributed by atoms with van der Waals surface area (Å²) in [5.74, 6) is 1.35. The molecule has 0 atom stereocenters. The molecule has 6 nitrogen and oxygen atoms in total. The van der Waals surface area contributed by atoms with Crippen molar-refractivity contribution in [3.05, 3.63) is 59.1 Å². The Labute approximate surface area is 145 Å². The van der Waals surface area contributed by atoms with E-state index in [-0.39, 0.29) is 0 Å². The zero-order valence-electron chi connectivity index (χ0n) is 13.1. The summed E-state index contributed by atoms with van der Waals surface area (Å²) in [5, 5.41) is 4.30. The SMILES string of the molecule is COC(=O)N/N=C\c1cc(Cl)ccc1OCCOc1ccccc1. The van der Waals surface area contributed by atoms with Gasteiger partial charge in [-0.05, 0) is 30.3 Å². The van der Waals surface area contributed by atoms with Crippen LogP contribution in [0.3, 0.4) is 0 Å². The molecule has 0 aromatic heterocycles. The van der Waals surface area contributed by atoms with Gasteiger partial charge in [-0.15, -0.1) is 0 Å². The summed E-state index contributed by atoms with van der Waals surface area (Å²) in [4.78, 5) is 11.0.